The van der Waals surface area contributed by atoms with E-state index >= 15 is 0 Å². The van der Waals surface area contributed by atoms with Gasteiger partial charge in [-0.15, -0.1) is 11.8 Å². The average Bonchev–Trinajstić information content (AvgIpc) is 2.52. The van der Waals surface area contributed by atoms with Crippen LogP contribution in [-0.2, 0) is 9.59 Å². The van der Waals surface area contributed by atoms with Gasteiger partial charge in [0, 0.05) is 10.7 Å². The summed E-state index contributed by atoms with van der Waals surface area (Å²) in [5.74, 6) is 0.863. The summed E-state index contributed by atoms with van der Waals surface area (Å²) in [6.45, 7) is 2.07. The molecule has 0 aromatic heterocycles. The average molecular weight is 259 g/mol. The van der Waals surface area contributed by atoms with Crippen LogP contribution in [0.1, 0.15) is 13.3 Å². The first-order chi connectivity index (χ1) is 7.65. The molecule has 2 fully saturated rings. The molecule has 0 spiro atoms. The van der Waals surface area contributed by atoms with Crippen LogP contribution >= 0.6 is 23.5 Å². The van der Waals surface area contributed by atoms with Crippen LogP contribution in [0.5, 0.6) is 0 Å². The van der Waals surface area contributed by atoms with Gasteiger partial charge < -0.3 is 10.0 Å². The molecular formula is C10H13NO3S2. The van der Waals surface area contributed by atoms with Gasteiger partial charge in [-0.3, -0.25) is 4.79 Å². The summed E-state index contributed by atoms with van der Waals surface area (Å²) < 4.78 is 0. The Kier molecular flexibility index (Phi) is 3.49. The highest BCUT2D eigenvalue weighted by atomic mass is 32.2. The van der Waals surface area contributed by atoms with E-state index in [1.807, 2.05) is 6.08 Å². The minimum Gasteiger partial charge on any atom is -0.479 e. The van der Waals surface area contributed by atoms with Crippen molar-refractivity contribution >= 4 is 35.4 Å². The molecule has 1 unspecified atom stereocenters. The minimum absolute atomic E-state index is 0.0450. The van der Waals surface area contributed by atoms with Gasteiger partial charge in [0.1, 0.15) is 0 Å². The number of fused-ring (bicyclic) bond motifs is 1. The molecule has 0 aromatic carbocycles. The molecule has 0 saturated carbocycles. The summed E-state index contributed by atoms with van der Waals surface area (Å²) in [6, 6.07) is -0.728. The second kappa shape index (κ2) is 4.71. The Hall–Kier alpha value is -0.620. The van der Waals surface area contributed by atoms with Crippen molar-refractivity contribution in [3.63, 3.8) is 0 Å². The fraction of sp³-hybridized carbons (Fsp3) is 0.600. The van der Waals surface area contributed by atoms with Crippen molar-refractivity contribution < 1.29 is 14.7 Å². The van der Waals surface area contributed by atoms with E-state index in [2.05, 4.69) is 6.92 Å². The Morgan fingerprint density at radius 2 is 2.50 bits per heavy atom. The SMILES string of the molecule is CCSC/C=C1\S[C@@H]2CC(=O)N2C1C(=O)O. The van der Waals surface area contributed by atoms with Crippen molar-refractivity contribution in [3.05, 3.63) is 11.0 Å². The van der Waals surface area contributed by atoms with E-state index in [9.17, 15) is 9.59 Å². The van der Waals surface area contributed by atoms with Gasteiger partial charge in [-0.25, -0.2) is 4.79 Å². The van der Waals surface area contributed by atoms with Crippen molar-refractivity contribution in [1.82, 2.24) is 4.90 Å². The summed E-state index contributed by atoms with van der Waals surface area (Å²) >= 11 is 3.27. The van der Waals surface area contributed by atoms with Gasteiger partial charge in [-0.2, -0.15) is 11.8 Å². The Balaban J connectivity index is 2.10. The number of β-lactam (4-membered cyclic amide) rings is 1. The smallest absolute Gasteiger partial charge is 0.331 e. The lowest BCUT2D eigenvalue weighted by molar-refractivity contribution is -0.154. The molecule has 2 heterocycles. The third-order valence-electron chi connectivity index (χ3n) is 2.61. The van der Waals surface area contributed by atoms with Gasteiger partial charge in [0.05, 0.1) is 11.8 Å². The highest BCUT2D eigenvalue weighted by Gasteiger charge is 2.52. The van der Waals surface area contributed by atoms with E-state index in [0.29, 0.717) is 6.42 Å². The minimum atomic E-state index is -0.921. The molecule has 0 aromatic rings. The van der Waals surface area contributed by atoms with Gasteiger partial charge in [0.15, 0.2) is 6.04 Å². The van der Waals surface area contributed by atoms with Gasteiger partial charge in [0.25, 0.3) is 0 Å². The number of carbonyl (C=O) groups is 2. The summed E-state index contributed by atoms with van der Waals surface area (Å²) in [5, 5.41) is 9.19. The first kappa shape index (κ1) is 11.9. The number of hydrogen-bond acceptors (Lipinski definition) is 4. The van der Waals surface area contributed by atoms with Gasteiger partial charge in [-0.1, -0.05) is 13.0 Å². The maximum absolute atomic E-state index is 11.3. The van der Waals surface area contributed by atoms with Crippen LogP contribution < -0.4 is 0 Å². The van der Waals surface area contributed by atoms with Gasteiger partial charge in [0.2, 0.25) is 5.91 Å². The lowest BCUT2D eigenvalue weighted by atomic mass is 10.1. The maximum atomic E-state index is 11.3. The molecule has 2 atom stereocenters. The van der Waals surface area contributed by atoms with E-state index in [1.54, 1.807) is 11.8 Å². The van der Waals surface area contributed by atoms with Crippen LogP contribution in [0, 0.1) is 0 Å². The molecule has 2 rings (SSSR count). The summed E-state index contributed by atoms with van der Waals surface area (Å²) in [5.41, 5.74) is 0. The van der Waals surface area contributed by atoms with E-state index in [0.717, 1.165) is 16.4 Å². The predicted molar refractivity (Wildman–Crippen MR) is 65.3 cm³/mol. The zero-order valence-electron chi connectivity index (χ0n) is 8.88. The number of rotatable bonds is 4. The molecule has 6 heteroatoms. The molecule has 0 bridgehead atoms. The largest absolute Gasteiger partial charge is 0.479 e. The normalized spacial score (nSPS) is 30.4. The van der Waals surface area contributed by atoms with Crippen LogP contribution in [-0.4, -0.2) is 44.8 Å². The van der Waals surface area contributed by atoms with E-state index in [-0.39, 0.29) is 11.3 Å². The Morgan fingerprint density at radius 1 is 1.75 bits per heavy atom. The topological polar surface area (TPSA) is 57.6 Å². The molecule has 0 radical (unpaired) electrons. The first-order valence-corrected chi connectivity index (χ1v) is 7.17. The monoisotopic (exact) mass is 259 g/mol. The van der Waals surface area contributed by atoms with E-state index in [4.69, 9.17) is 5.11 Å². The molecule has 4 nitrogen and oxygen atoms in total. The molecule has 1 N–H and O–H groups in total. The number of carboxylic acid groups (broad SMARTS) is 1. The van der Waals surface area contributed by atoms with Crippen LogP contribution in [0.25, 0.3) is 0 Å². The number of carbonyl (C=O) groups excluding carboxylic acids is 1. The quantitative estimate of drug-likeness (QED) is 0.610. The molecule has 2 saturated heterocycles. The second-order valence-electron chi connectivity index (χ2n) is 3.58. The first-order valence-electron chi connectivity index (χ1n) is 5.13. The third-order valence-corrected chi connectivity index (χ3v) is 4.75. The van der Waals surface area contributed by atoms with E-state index < -0.39 is 12.0 Å². The van der Waals surface area contributed by atoms with Crippen molar-refractivity contribution in [2.24, 2.45) is 0 Å². The summed E-state index contributed by atoms with van der Waals surface area (Å²) in [7, 11) is 0. The second-order valence-corrected chi connectivity index (χ2v) is 6.15. The van der Waals surface area contributed by atoms with Gasteiger partial charge in [-0.05, 0) is 5.75 Å². The van der Waals surface area contributed by atoms with Crippen LogP contribution in [0.2, 0.25) is 0 Å². The van der Waals surface area contributed by atoms with Gasteiger partial charge >= 0.3 is 5.97 Å². The summed E-state index contributed by atoms with van der Waals surface area (Å²) in [4.78, 5) is 24.7. The lowest BCUT2D eigenvalue weighted by Gasteiger charge is -2.35. The fourth-order valence-electron chi connectivity index (χ4n) is 1.83. The molecule has 2 aliphatic rings. The van der Waals surface area contributed by atoms with Crippen LogP contribution in [0.3, 0.4) is 0 Å². The third kappa shape index (κ3) is 1.96. The Morgan fingerprint density at radius 3 is 3.06 bits per heavy atom. The fourth-order valence-corrected chi connectivity index (χ4v) is 3.88. The number of thioether (sulfide) groups is 2. The standard InChI is InChI=1S/C10H13NO3S2/c1-2-15-4-3-6-9(10(13)14)11-7(12)5-8(11)16-6/h3,8-9H,2,4-5H2,1H3,(H,13,14)/b6-3-/t8-,9?/m1/s1. The number of hydrogen-bond donors (Lipinski definition) is 1. The molecule has 88 valence electrons. The predicted octanol–water partition coefficient (Wildman–Crippen LogP) is 1.38. The molecular weight excluding hydrogens is 246 g/mol. The number of amides is 1. The number of carboxylic acids is 1. The van der Waals surface area contributed by atoms with Crippen molar-refractivity contribution in [1.29, 1.82) is 0 Å². The van der Waals surface area contributed by atoms with Crippen LogP contribution in [0.15, 0.2) is 11.0 Å². The number of nitrogens with zero attached hydrogens (tertiary/aromatic N) is 1. The molecule has 2 aliphatic heterocycles. The highest BCUT2D eigenvalue weighted by molar-refractivity contribution is 8.04. The van der Waals surface area contributed by atoms with Crippen LogP contribution in [0.4, 0.5) is 0 Å². The molecule has 1 amide bonds. The van der Waals surface area contributed by atoms with E-state index in [1.165, 1.54) is 16.7 Å². The van der Waals surface area contributed by atoms with Crippen molar-refractivity contribution in [3.8, 4) is 0 Å². The highest BCUT2D eigenvalue weighted by Crippen LogP contribution is 2.46. The molecule has 16 heavy (non-hydrogen) atoms. The van der Waals surface area contributed by atoms with Crippen molar-refractivity contribution in [2.45, 2.75) is 24.8 Å². The Labute approximate surface area is 102 Å². The Bertz CT molecular complexity index is 356. The lowest BCUT2D eigenvalue weighted by Crippen LogP contribution is -2.53. The summed E-state index contributed by atoms with van der Waals surface area (Å²) in [6.07, 6.45) is 2.43. The molecule has 0 aliphatic carbocycles. The van der Waals surface area contributed by atoms with Crippen molar-refractivity contribution in [2.75, 3.05) is 11.5 Å². The maximum Gasteiger partial charge on any atom is 0.331 e. The number of aliphatic carboxylic acids is 1. The zero-order valence-corrected chi connectivity index (χ0v) is 10.5. The zero-order chi connectivity index (χ0) is 11.7.